The number of para-hydroxylation sites is 1. The molecule has 200 valence electrons. The molecule has 0 radical (unpaired) electrons. The van der Waals surface area contributed by atoms with Gasteiger partial charge in [-0.3, -0.25) is 4.31 Å². The third-order valence-corrected chi connectivity index (χ3v) is 9.85. The van der Waals surface area contributed by atoms with Gasteiger partial charge in [0.05, 0.1) is 16.6 Å². The lowest BCUT2D eigenvalue weighted by atomic mass is 9.90. The van der Waals surface area contributed by atoms with E-state index in [9.17, 15) is 8.42 Å². The van der Waals surface area contributed by atoms with Gasteiger partial charge in [-0.2, -0.15) is 0 Å². The van der Waals surface area contributed by atoms with Gasteiger partial charge in [0.15, 0.2) is 0 Å². The van der Waals surface area contributed by atoms with Gasteiger partial charge in [0.2, 0.25) is 0 Å². The van der Waals surface area contributed by atoms with Crippen molar-refractivity contribution >= 4 is 31.6 Å². The van der Waals surface area contributed by atoms with E-state index >= 15 is 0 Å². The summed E-state index contributed by atoms with van der Waals surface area (Å²) in [7, 11) is -4.01. The van der Waals surface area contributed by atoms with Crippen molar-refractivity contribution in [2.45, 2.75) is 30.7 Å². The summed E-state index contributed by atoms with van der Waals surface area (Å²) in [4.78, 5) is 0.227. The van der Waals surface area contributed by atoms with E-state index in [0.717, 1.165) is 43.6 Å². The SMILES string of the molecule is C=C1[C@H](c2ccc(Br)cc2)c2c(C)oc(-c3ccccc3)c2[C@H]1N(c1ccccc1)S(=O)(=O)c1ccc(C)cc1. The largest absolute Gasteiger partial charge is 0.461 e. The Balaban J connectivity index is 1.64. The van der Waals surface area contributed by atoms with Crippen molar-refractivity contribution in [2.75, 3.05) is 4.31 Å². The molecule has 0 fully saturated rings. The highest BCUT2D eigenvalue weighted by molar-refractivity contribution is 9.10. The smallest absolute Gasteiger partial charge is 0.265 e. The number of hydrogen-bond acceptors (Lipinski definition) is 3. The van der Waals surface area contributed by atoms with Crippen LogP contribution in [0.15, 0.2) is 135 Å². The Morgan fingerprint density at radius 3 is 2.00 bits per heavy atom. The minimum absolute atomic E-state index is 0.227. The van der Waals surface area contributed by atoms with E-state index < -0.39 is 16.1 Å². The molecule has 5 aromatic rings. The van der Waals surface area contributed by atoms with Crippen molar-refractivity contribution in [3.05, 3.63) is 154 Å². The Morgan fingerprint density at radius 2 is 1.38 bits per heavy atom. The normalized spacial score (nSPS) is 16.6. The van der Waals surface area contributed by atoms with Gasteiger partial charge < -0.3 is 4.42 Å². The van der Waals surface area contributed by atoms with Crippen LogP contribution >= 0.6 is 15.9 Å². The van der Waals surface area contributed by atoms with Gasteiger partial charge in [-0.1, -0.05) is 101 Å². The summed E-state index contributed by atoms with van der Waals surface area (Å²) in [6, 6.07) is 33.6. The highest BCUT2D eigenvalue weighted by atomic mass is 79.9. The predicted molar refractivity (Wildman–Crippen MR) is 164 cm³/mol. The van der Waals surface area contributed by atoms with E-state index in [1.54, 1.807) is 12.1 Å². The maximum atomic E-state index is 14.6. The topological polar surface area (TPSA) is 50.5 Å². The number of benzene rings is 4. The number of furan rings is 1. The fraction of sp³-hybridized carbons (Fsp3) is 0.118. The van der Waals surface area contributed by atoms with E-state index in [4.69, 9.17) is 4.42 Å². The zero-order valence-electron chi connectivity index (χ0n) is 22.2. The highest BCUT2D eigenvalue weighted by Gasteiger charge is 2.48. The zero-order valence-corrected chi connectivity index (χ0v) is 24.6. The summed E-state index contributed by atoms with van der Waals surface area (Å²) in [5.74, 6) is 1.18. The average molecular weight is 611 g/mol. The van der Waals surface area contributed by atoms with Crippen LogP contribution in [0.1, 0.15) is 40.0 Å². The second-order valence-electron chi connectivity index (χ2n) is 10.1. The summed E-state index contributed by atoms with van der Waals surface area (Å²) in [5.41, 5.74) is 6.06. The van der Waals surface area contributed by atoms with Gasteiger partial charge in [0, 0.05) is 27.1 Å². The van der Waals surface area contributed by atoms with Crippen LogP contribution in [0.4, 0.5) is 5.69 Å². The fourth-order valence-corrected chi connectivity index (χ4v) is 7.56. The molecule has 6 heteroatoms. The molecule has 1 aromatic heterocycles. The maximum Gasteiger partial charge on any atom is 0.265 e. The standard InChI is InChI=1S/C34H28BrNO3S/c1-22-14-20-29(21-15-22)40(37,38)36(28-12-8-5-9-13-28)33-23(2)30(25-16-18-27(35)19-17-25)31-24(3)39-34(32(31)33)26-10-6-4-7-11-26/h4-21,30,33H,2H2,1,3H3/t30-,33+/m1/s1. The molecule has 0 aliphatic heterocycles. The Morgan fingerprint density at radius 1 is 0.775 bits per heavy atom. The number of aryl methyl sites for hydroxylation is 2. The zero-order chi connectivity index (χ0) is 28.0. The summed E-state index contributed by atoms with van der Waals surface area (Å²) in [5, 5.41) is 0. The first-order chi connectivity index (χ1) is 19.3. The molecule has 0 spiro atoms. The van der Waals surface area contributed by atoms with Crippen LogP contribution in [-0.4, -0.2) is 8.42 Å². The third-order valence-electron chi connectivity index (χ3n) is 7.52. The van der Waals surface area contributed by atoms with Crippen LogP contribution < -0.4 is 4.31 Å². The van der Waals surface area contributed by atoms with Crippen LogP contribution in [0.2, 0.25) is 0 Å². The number of rotatable bonds is 6. The molecule has 0 N–H and O–H groups in total. The number of anilines is 1. The molecule has 0 unspecified atom stereocenters. The summed E-state index contributed by atoms with van der Waals surface area (Å²) in [6.07, 6.45) is 0. The Kier molecular flexibility index (Phi) is 6.77. The lowest BCUT2D eigenvalue weighted by molar-refractivity contribution is 0.535. The molecule has 0 saturated carbocycles. The van der Waals surface area contributed by atoms with Crippen molar-refractivity contribution in [3.8, 4) is 11.3 Å². The average Bonchev–Trinajstić information content (AvgIpc) is 3.44. The van der Waals surface area contributed by atoms with Gasteiger partial charge in [0.1, 0.15) is 11.5 Å². The molecule has 6 rings (SSSR count). The first-order valence-electron chi connectivity index (χ1n) is 13.1. The van der Waals surface area contributed by atoms with Crippen LogP contribution in [0.25, 0.3) is 11.3 Å². The number of hydrogen-bond donors (Lipinski definition) is 0. The molecule has 40 heavy (non-hydrogen) atoms. The van der Waals surface area contributed by atoms with Crippen molar-refractivity contribution in [2.24, 2.45) is 0 Å². The van der Waals surface area contributed by atoms with E-state index in [2.05, 4.69) is 34.6 Å². The molecular formula is C34H28BrNO3S. The Bertz CT molecular complexity index is 1790. The van der Waals surface area contributed by atoms with Crippen LogP contribution in [-0.2, 0) is 10.0 Å². The first kappa shape index (κ1) is 26.4. The summed E-state index contributed by atoms with van der Waals surface area (Å²) in [6.45, 7) is 8.48. The monoisotopic (exact) mass is 609 g/mol. The van der Waals surface area contributed by atoms with E-state index in [1.807, 2.05) is 98.8 Å². The summed E-state index contributed by atoms with van der Waals surface area (Å²) >= 11 is 3.54. The molecule has 0 saturated heterocycles. The van der Waals surface area contributed by atoms with Crippen molar-refractivity contribution in [1.82, 2.24) is 0 Å². The van der Waals surface area contributed by atoms with Gasteiger partial charge in [-0.25, -0.2) is 8.42 Å². The lowest BCUT2D eigenvalue weighted by Crippen LogP contribution is -2.35. The second-order valence-corrected chi connectivity index (χ2v) is 12.8. The number of fused-ring (bicyclic) bond motifs is 1. The van der Waals surface area contributed by atoms with Gasteiger partial charge in [-0.15, -0.1) is 0 Å². The first-order valence-corrected chi connectivity index (χ1v) is 15.3. The quantitative estimate of drug-likeness (QED) is 0.180. The number of sulfonamides is 1. The number of halogens is 1. The van der Waals surface area contributed by atoms with E-state index in [0.29, 0.717) is 11.4 Å². The van der Waals surface area contributed by atoms with Crippen molar-refractivity contribution < 1.29 is 12.8 Å². The number of nitrogens with zero attached hydrogens (tertiary/aromatic N) is 1. The van der Waals surface area contributed by atoms with Gasteiger partial charge in [-0.05, 0) is 61.4 Å². The minimum atomic E-state index is -4.01. The minimum Gasteiger partial charge on any atom is -0.461 e. The van der Waals surface area contributed by atoms with E-state index in [-0.39, 0.29) is 10.8 Å². The lowest BCUT2D eigenvalue weighted by Gasteiger charge is -2.32. The molecule has 1 heterocycles. The van der Waals surface area contributed by atoms with Gasteiger partial charge in [0.25, 0.3) is 10.0 Å². The Labute approximate surface area is 243 Å². The molecule has 2 atom stereocenters. The molecule has 1 aliphatic carbocycles. The highest BCUT2D eigenvalue weighted by Crippen LogP contribution is 2.57. The van der Waals surface area contributed by atoms with E-state index in [1.165, 1.54) is 4.31 Å². The molecule has 1 aliphatic rings. The fourth-order valence-electron chi connectivity index (χ4n) is 5.67. The molecule has 4 nitrogen and oxygen atoms in total. The van der Waals surface area contributed by atoms with Crippen molar-refractivity contribution in [3.63, 3.8) is 0 Å². The summed E-state index contributed by atoms with van der Waals surface area (Å²) < 4.78 is 38.1. The second kappa shape index (κ2) is 10.3. The third kappa shape index (κ3) is 4.41. The Hall–Kier alpha value is -3.87. The van der Waals surface area contributed by atoms with Crippen LogP contribution in [0, 0.1) is 13.8 Å². The van der Waals surface area contributed by atoms with Gasteiger partial charge >= 0.3 is 0 Å². The molecular weight excluding hydrogens is 582 g/mol. The predicted octanol–water partition coefficient (Wildman–Crippen LogP) is 8.96. The van der Waals surface area contributed by atoms with Crippen molar-refractivity contribution in [1.29, 1.82) is 0 Å². The maximum absolute atomic E-state index is 14.6. The van der Waals surface area contributed by atoms with Crippen LogP contribution in [0.5, 0.6) is 0 Å². The molecule has 0 amide bonds. The molecule has 0 bridgehead atoms. The molecule has 4 aromatic carbocycles. The van der Waals surface area contributed by atoms with Crippen LogP contribution in [0.3, 0.4) is 0 Å².